The van der Waals surface area contributed by atoms with Crippen molar-refractivity contribution in [2.45, 2.75) is 64.7 Å². The predicted octanol–water partition coefficient (Wildman–Crippen LogP) is 1.99. The van der Waals surface area contributed by atoms with Crippen LogP contribution < -0.4 is 5.32 Å². The van der Waals surface area contributed by atoms with Crippen LogP contribution in [-0.2, 0) is 4.74 Å². The molecule has 0 radical (unpaired) electrons. The van der Waals surface area contributed by atoms with E-state index in [0.717, 1.165) is 38.9 Å². The third-order valence-electron chi connectivity index (χ3n) is 4.57. The maximum absolute atomic E-state index is 11.9. The molecule has 0 aromatic rings. The molecule has 5 heteroatoms. The fourth-order valence-corrected chi connectivity index (χ4v) is 3.57. The summed E-state index contributed by atoms with van der Waals surface area (Å²) in [6.07, 6.45) is 2.45. The molecule has 1 heterocycles. The summed E-state index contributed by atoms with van der Waals surface area (Å²) in [6, 6.07) is 0.216. The first-order chi connectivity index (χ1) is 9.78. The summed E-state index contributed by atoms with van der Waals surface area (Å²) in [6.45, 7) is 10.4. The Morgan fingerprint density at radius 1 is 1.38 bits per heavy atom. The number of fused-ring (bicyclic) bond motifs is 1. The quantitative estimate of drug-likeness (QED) is 0.833. The highest BCUT2D eigenvalue weighted by Crippen LogP contribution is 2.38. The fraction of sp³-hybridized carbons (Fsp3) is 0.938. The second kappa shape index (κ2) is 6.53. The van der Waals surface area contributed by atoms with E-state index >= 15 is 0 Å². The van der Waals surface area contributed by atoms with Gasteiger partial charge in [0.2, 0.25) is 0 Å². The Morgan fingerprint density at radius 2 is 2.10 bits per heavy atom. The minimum absolute atomic E-state index is 0.216. The summed E-state index contributed by atoms with van der Waals surface area (Å²) < 4.78 is 5.35. The molecule has 5 nitrogen and oxygen atoms in total. The first-order valence-corrected chi connectivity index (χ1v) is 8.18. The van der Waals surface area contributed by atoms with Gasteiger partial charge in [0.1, 0.15) is 5.60 Å². The van der Waals surface area contributed by atoms with Crippen LogP contribution in [0.3, 0.4) is 0 Å². The van der Waals surface area contributed by atoms with Gasteiger partial charge < -0.3 is 20.1 Å². The van der Waals surface area contributed by atoms with E-state index in [1.165, 1.54) is 0 Å². The zero-order chi connectivity index (χ0) is 15.6. The van der Waals surface area contributed by atoms with Crippen molar-refractivity contribution in [2.75, 3.05) is 19.6 Å². The Hall–Kier alpha value is -0.810. The molecular weight excluding hydrogens is 268 g/mol. The lowest BCUT2D eigenvalue weighted by atomic mass is 9.98. The predicted molar refractivity (Wildman–Crippen MR) is 82.1 cm³/mol. The minimum atomic E-state index is -0.449. The van der Waals surface area contributed by atoms with Gasteiger partial charge in [0.25, 0.3) is 0 Å². The van der Waals surface area contributed by atoms with E-state index in [0.29, 0.717) is 11.8 Å². The molecule has 0 bridgehead atoms. The van der Waals surface area contributed by atoms with Gasteiger partial charge >= 0.3 is 6.09 Å². The molecule has 0 spiro atoms. The van der Waals surface area contributed by atoms with Gasteiger partial charge in [0.05, 0.1) is 6.10 Å². The van der Waals surface area contributed by atoms with Crippen molar-refractivity contribution in [3.8, 4) is 0 Å². The second-order valence-corrected chi connectivity index (χ2v) is 7.53. The highest BCUT2D eigenvalue weighted by atomic mass is 16.6. The standard InChI is InChI=1S/C16H30N2O3/c1-5-12(19)9-18-8-11-6-7-14(13(11)10-18)17-15(20)21-16(2,3)4/h11-14,19H,5-10H2,1-4H3,(H,17,20)/t11-,12+,13-,14+/m0/s1. The largest absolute Gasteiger partial charge is 0.444 e. The lowest BCUT2D eigenvalue weighted by Gasteiger charge is -2.25. The molecule has 0 aromatic heterocycles. The van der Waals surface area contributed by atoms with Crippen molar-refractivity contribution in [3.63, 3.8) is 0 Å². The van der Waals surface area contributed by atoms with E-state index < -0.39 is 5.60 Å². The number of carbonyl (C=O) groups excluding carboxylic acids is 1. The molecule has 21 heavy (non-hydrogen) atoms. The number of ether oxygens (including phenoxy) is 1. The molecule has 1 aliphatic heterocycles. The lowest BCUT2D eigenvalue weighted by molar-refractivity contribution is 0.0489. The number of rotatable bonds is 4. The minimum Gasteiger partial charge on any atom is -0.444 e. The van der Waals surface area contributed by atoms with Crippen LogP contribution in [0.5, 0.6) is 0 Å². The maximum Gasteiger partial charge on any atom is 0.407 e. The van der Waals surface area contributed by atoms with Gasteiger partial charge in [0, 0.05) is 25.7 Å². The summed E-state index contributed by atoms with van der Waals surface area (Å²) in [5.41, 5.74) is -0.449. The van der Waals surface area contributed by atoms with Crippen LogP contribution in [0.25, 0.3) is 0 Å². The topological polar surface area (TPSA) is 61.8 Å². The summed E-state index contributed by atoms with van der Waals surface area (Å²) in [5.74, 6) is 1.15. The third-order valence-corrected chi connectivity index (χ3v) is 4.57. The summed E-state index contributed by atoms with van der Waals surface area (Å²) >= 11 is 0. The molecule has 2 fully saturated rings. The van der Waals surface area contributed by atoms with Crippen LogP contribution in [0.4, 0.5) is 4.79 Å². The SMILES string of the molecule is CC[C@@H](O)CN1C[C@@H]2CC[C@@H](NC(=O)OC(C)(C)C)[C@H]2C1. The molecule has 2 rings (SSSR count). The zero-order valence-electron chi connectivity index (χ0n) is 13.8. The number of hydrogen-bond acceptors (Lipinski definition) is 4. The first kappa shape index (κ1) is 16.6. The lowest BCUT2D eigenvalue weighted by Crippen LogP contribution is -2.42. The Bertz CT molecular complexity index is 367. The smallest absolute Gasteiger partial charge is 0.407 e. The number of alkyl carbamates (subject to hydrolysis) is 1. The van der Waals surface area contributed by atoms with Gasteiger partial charge in [0.15, 0.2) is 0 Å². The number of likely N-dealkylation sites (tertiary alicyclic amines) is 1. The highest BCUT2D eigenvalue weighted by molar-refractivity contribution is 5.68. The van der Waals surface area contributed by atoms with E-state index in [-0.39, 0.29) is 18.2 Å². The number of nitrogens with zero attached hydrogens (tertiary/aromatic N) is 1. The van der Waals surface area contributed by atoms with Crippen molar-refractivity contribution >= 4 is 6.09 Å². The third kappa shape index (κ3) is 4.58. The van der Waals surface area contributed by atoms with Gasteiger partial charge in [-0.15, -0.1) is 0 Å². The summed E-state index contributed by atoms with van der Waals surface area (Å²) in [5, 5.41) is 12.8. The van der Waals surface area contributed by atoms with Crippen molar-refractivity contribution in [2.24, 2.45) is 11.8 Å². The number of aliphatic hydroxyl groups excluding tert-OH is 1. The normalized spacial score (nSPS) is 31.0. The number of aliphatic hydroxyl groups is 1. The Morgan fingerprint density at radius 3 is 2.71 bits per heavy atom. The van der Waals surface area contributed by atoms with Crippen molar-refractivity contribution in [1.29, 1.82) is 0 Å². The van der Waals surface area contributed by atoms with Gasteiger partial charge in [-0.2, -0.15) is 0 Å². The molecule has 0 unspecified atom stereocenters. The van der Waals surface area contributed by atoms with E-state index in [4.69, 9.17) is 4.74 Å². The van der Waals surface area contributed by atoms with E-state index in [1.54, 1.807) is 0 Å². The van der Waals surface area contributed by atoms with Gasteiger partial charge in [-0.3, -0.25) is 0 Å². The number of amides is 1. The van der Waals surface area contributed by atoms with Gasteiger partial charge in [-0.1, -0.05) is 6.92 Å². The number of nitrogens with one attached hydrogen (secondary N) is 1. The molecule has 4 atom stereocenters. The monoisotopic (exact) mass is 298 g/mol. The van der Waals surface area contributed by atoms with Crippen LogP contribution >= 0.6 is 0 Å². The van der Waals surface area contributed by atoms with E-state index in [9.17, 15) is 9.90 Å². The molecule has 1 saturated carbocycles. The maximum atomic E-state index is 11.9. The van der Waals surface area contributed by atoms with Crippen LogP contribution in [-0.4, -0.2) is 53.5 Å². The molecule has 0 aromatic carbocycles. The number of hydrogen-bond donors (Lipinski definition) is 2. The number of carbonyl (C=O) groups is 1. The van der Waals surface area contributed by atoms with Crippen molar-refractivity contribution < 1.29 is 14.6 Å². The van der Waals surface area contributed by atoms with Crippen LogP contribution in [0.1, 0.15) is 47.0 Å². The molecule has 1 saturated heterocycles. The average molecular weight is 298 g/mol. The van der Waals surface area contributed by atoms with Crippen molar-refractivity contribution in [1.82, 2.24) is 10.2 Å². The van der Waals surface area contributed by atoms with Crippen LogP contribution in [0, 0.1) is 11.8 Å². The average Bonchev–Trinajstić information content (AvgIpc) is 2.88. The van der Waals surface area contributed by atoms with Crippen LogP contribution in [0.15, 0.2) is 0 Å². The molecule has 1 aliphatic carbocycles. The highest BCUT2D eigenvalue weighted by Gasteiger charge is 2.43. The van der Waals surface area contributed by atoms with E-state index in [2.05, 4.69) is 10.2 Å². The Balaban J connectivity index is 1.83. The van der Waals surface area contributed by atoms with Gasteiger partial charge in [-0.25, -0.2) is 4.79 Å². The van der Waals surface area contributed by atoms with Crippen LogP contribution in [0.2, 0.25) is 0 Å². The first-order valence-electron chi connectivity index (χ1n) is 8.18. The summed E-state index contributed by atoms with van der Waals surface area (Å²) in [4.78, 5) is 14.3. The molecule has 2 N–H and O–H groups in total. The Labute approximate surface area is 128 Å². The molecular formula is C16H30N2O3. The second-order valence-electron chi connectivity index (χ2n) is 7.53. The fourth-order valence-electron chi connectivity index (χ4n) is 3.57. The van der Waals surface area contributed by atoms with Gasteiger partial charge in [-0.05, 0) is 51.9 Å². The number of β-amino-alcohol motifs (C(OH)–C–C–N with tert-alkyl or cyclic N) is 1. The van der Waals surface area contributed by atoms with Crippen molar-refractivity contribution in [3.05, 3.63) is 0 Å². The molecule has 2 aliphatic rings. The molecule has 122 valence electrons. The zero-order valence-corrected chi connectivity index (χ0v) is 13.8. The summed E-state index contributed by atoms with van der Waals surface area (Å²) in [7, 11) is 0. The Kier molecular flexibility index (Phi) is 5.15. The molecule has 1 amide bonds. The van der Waals surface area contributed by atoms with E-state index in [1.807, 2.05) is 27.7 Å².